The van der Waals surface area contributed by atoms with Crippen LogP contribution in [0.4, 0.5) is 4.39 Å². The maximum absolute atomic E-state index is 14.6. The van der Waals surface area contributed by atoms with Crippen LogP contribution in [0.3, 0.4) is 0 Å². The minimum atomic E-state index is -0.871. The standard InChI is InChI=1S/C41H39FN4O4/c1-23(2)22-44-38(25(4)46-40(49)30-15-8-9-16-31(30)41(46)50)35(27-12-6-5-7-13-27)34(47)20-26-11-10-14-28(19-26)36-37(24(3)43)45-33-18-17-29(42)21-32(33)39(36)48/h5-19,21,23-25,35H,20,22,43H2,1-4H3,(H,45,48). The smallest absolute Gasteiger partial charge is 0.262 e. The molecule has 1 aliphatic rings. The lowest BCUT2D eigenvalue weighted by molar-refractivity contribution is -0.118. The maximum atomic E-state index is 14.6. The van der Waals surface area contributed by atoms with Gasteiger partial charge in [-0.15, -0.1) is 0 Å². The first-order chi connectivity index (χ1) is 24.0. The number of carbonyl (C=O) groups is 3. The van der Waals surface area contributed by atoms with Gasteiger partial charge in [0.25, 0.3) is 11.8 Å². The average Bonchev–Trinajstić information content (AvgIpc) is 3.35. The molecule has 0 saturated carbocycles. The molecule has 9 heteroatoms. The summed E-state index contributed by atoms with van der Waals surface area (Å²) in [5.41, 5.74) is 10.2. The maximum Gasteiger partial charge on any atom is 0.262 e. The molecule has 1 aromatic heterocycles. The van der Waals surface area contributed by atoms with E-state index < -0.39 is 35.6 Å². The van der Waals surface area contributed by atoms with Crippen LogP contribution in [-0.2, 0) is 11.2 Å². The summed E-state index contributed by atoms with van der Waals surface area (Å²) in [7, 11) is 0. The minimum absolute atomic E-state index is 0.0312. The molecule has 3 unspecified atom stereocenters. The highest BCUT2D eigenvalue weighted by molar-refractivity contribution is 6.24. The molecule has 5 aromatic rings. The van der Waals surface area contributed by atoms with Crippen molar-refractivity contribution in [3.05, 3.63) is 141 Å². The fourth-order valence-electron chi connectivity index (χ4n) is 6.66. The summed E-state index contributed by atoms with van der Waals surface area (Å²) in [6, 6.07) is 25.7. The monoisotopic (exact) mass is 670 g/mol. The third-order valence-corrected chi connectivity index (χ3v) is 9.07. The van der Waals surface area contributed by atoms with Crippen molar-refractivity contribution < 1.29 is 18.8 Å². The molecular weight excluding hydrogens is 631 g/mol. The Morgan fingerprint density at radius 2 is 1.50 bits per heavy atom. The SMILES string of the molecule is CC(C)CN=C(C(C(=O)Cc1cccc(-c2c(C(C)N)[nH]c3ccc(F)cc3c2=O)c1)c1ccccc1)C(C)N1C(=O)c2ccccc2C1=O. The van der Waals surface area contributed by atoms with Gasteiger partial charge in [0.15, 0.2) is 5.43 Å². The summed E-state index contributed by atoms with van der Waals surface area (Å²) in [5, 5.41) is 0.197. The van der Waals surface area contributed by atoms with Crippen molar-refractivity contribution in [2.24, 2.45) is 16.6 Å². The molecule has 2 amide bonds. The quantitative estimate of drug-likeness (QED) is 0.115. The number of nitrogens with one attached hydrogen (secondary N) is 1. The number of carbonyl (C=O) groups excluding carboxylic acids is 3. The van der Waals surface area contributed by atoms with Crippen molar-refractivity contribution in [1.82, 2.24) is 9.88 Å². The van der Waals surface area contributed by atoms with E-state index in [0.29, 0.717) is 56.8 Å². The van der Waals surface area contributed by atoms with E-state index in [-0.39, 0.29) is 28.9 Å². The lowest BCUT2D eigenvalue weighted by Gasteiger charge is -2.29. The van der Waals surface area contributed by atoms with Crippen molar-refractivity contribution in [2.45, 2.75) is 52.1 Å². The fraction of sp³-hybridized carbons (Fsp3) is 0.244. The molecule has 0 spiro atoms. The number of aromatic nitrogens is 1. The van der Waals surface area contributed by atoms with Gasteiger partial charge in [0.1, 0.15) is 11.6 Å². The Bertz CT molecular complexity index is 2170. The summed E-state index contributed by atoms with van der Waals surface area (Å²) < 4.78 is 14.2. The van der Waals surface area contributed by atoms with E-state index in [1.807, 2.05) is 50.2 Å². The number of nitrogens with two attached hydrogens (primary N) is 1. The number of aromatic amines is 1. The molecule has 2 heterocycles. The summed E-state index contributed by atoms with van der Waals surface area (Å²) >= 11 is 0. The normalized spacial score (nSPS) is 15.0. The predicted octanol–water partition coefficient (Wildman–Crippen LogP) is 7.03. The Balaban J connectivity index is 1.41. The average molecular weight is 671 g/mol. The Hall–Kier alpha value is -5.54. The number of halogens is 1. The molecule has 254 valence electrons. The summed E-state index contributed by atoms with van der Waals surface area (Å²) in [4.78, 5) is 65.0. The third kappa shape index (κ3) is 6.56. The first-order valence-electron chi connectivity index (χ1n) is 16.7. The second-order valence-electron chi connectivity index (χ2n) is 13.3. The molecule has 0 fully saturated rings. The second kappa shape index (κ2) is 14.1. The molecule has 3 atom stereocenters. The van der Waals surface area contributed by atoms with Crippen LogP contribution in [0.5, 0.6) is 0 Å². The van der Waals surface area contributed by atoms with Gasteiger partial charge in [0.2, 0.25) is 0 Å². The predicted molar refractivity (Wildman–Crippen MR) is 194 cm³/mol. The molecule has 6 rings (SSSR count). The van der Waals surface area contributed by atoms with E-state index in [9.17, 15) is 23.6 Å². The summed E-state index contributed by atoms with van der Waals surface area (Å²) in [6.07, 6.45) is -0.0312. The topological polar surface area (TPSA) is 126 Å². The largest absolute Gasteiger partial charge is 0.356 e. The highest BCUT2D eigenvalue weighted by Gasteiger charge is 2.42. The van der Waals surface area contributed by atoms with Crippen molar-refractivity contribution in [1.29, 1.82) is 0 Å². The van der Waals surface area contributed by atoms with Gasteiger partial charge < -0.3 is 10.7 Å². The van der Waals surface area contributed by atoms with Gasteiger partial charge in [-0.1, -0.05) is 80.6 Å². The zero-order valence-corrected chi connectivity index (χ0v) is 28.4. The van der Waals surface area contributed by atoms with E-state index in [1.54, 1.807) is 56.3 Å². The Labute approximate surface area is 289 Å². The van der Waals surface area contributed by atoms with Crippen LogP contribution in [0.1, 0.15) is 77.2 Å². The van der Waals surface area contributed by atoms with Crippen molar-refractivity contribution in [3.63, 3.8) is 0 Å². The minimum Gasteiger partial charge on any atom is -0.356 e. The van der Waals surface area contributed by atoms with E-state index in [2.05, 4.69) is 4.98 Å². The molecule has 0 bridgehead atoms. The number of benzene rings is 4. The van der Waals surface area contributed by atoms with Crippen LogP contribution in [0.25, 0.3) is 22.0 Å². The van der Waals surface area contributed by atoms with Gasteiger partial charge in [0, 0.05) is 35.6 Å². The lowest BCUT2D eigenvalue weighted by Crippen LogP contribution is -2.46. The summed E-state index contributed by atoms with van der Waals surface area (Å²) in [5.74, 6) is -2.29. The van der Waals surface area contributed by atoms with Crippen molar-refractivity contribution >= 4 is 34.2 Å². The van der Waals surface area contributed by atoms with Crippen LogP contribution in [0, 0.1) is 11.7 Å². The van der Waals surface area contributed by atoms with Crippen LogP contribution in [0.2, 0.25) is 0 Å². The van der Waals surface area contributed by atoms with Crippen molar-refractivity contribution in [2.75, 3.05) is 6.54 Å². The molecule has 0 radical (unpaired) electrons. The van der Waals surface area contributed by atoms with E-state index in [1.165, 1.54) is 23.1 Å². The number of aliphatic imine (C=N–C) groups is 1. The molecule has 4 aromatic carbocycles. The number of fused-ring (bicyclic) bond motifs is 2. The first-order valence-corrected chi connectivity index (χ1v) is 16.7. The number of ketones is 1. The molecular formula is C41H39FN4O4. The number of hydrogen-bond donors (Lipinski definition) is 2. The lowest BCUT2D eigenvalue weighted by atomic mass is 9.83. The number of amides is 2. The Kier molecular flexibility index (Phi) is 9.70. The van der Waals surface area contributed by atoms with Gasteiger partial charge in [-0.25, -0.2) is 4.39 Å². The number of imide groups is 1. The molecule has 8 nitrogen and oxygen atoms in total. The number of Topliss-reactive ketones (excluding diaryl/α,β-unsaturated/α-hetero) is 1. The zero-order valence-electron chi connectivity index (χ0n) is 28.4. The summed E-state index contributed by atoms with van der Waals surface area (Å²) in [6.45, 7) is 7.92. The van der Waals surface area contributed by atoms with E-state index >= 15 is 0 Å². The van der Waals surface area contributed by atoms with Crippen molar-refractivity contribution in [3.8, 4) is 11.1 Å². The fourth-order valence-corrected chi connectivity index (χ4v) is 6.66. The Morgan fingerprint density at radius 1 is 0.840 bits per heavy atom. The first kappa shape index (κ1) is 34.3. The second-order valence-corrected chi connectivity index (χ2v) is 13.3. The van der Waals surface area contributed by atoms with E-state index in [0.717, 1.165) is 0 Å². The van der Waals surface area contributed by atoms with E-state index in [4.69, 9.17) is 10.7 Å². The molecule has 1 aliphatic heterocycles. The molecule has 50 heavy (non-hydrogen) atoms. The number of H-pyrrole nitrogens is 1. The molecule has 0 saturated heterocycles. The number of nitrogens with zero attached hydrogens (tertiary/aromatic N) is 2. The van der Waals surface area contributed by atoms with Gasteiger partial charge in [-0.2, -0.15) is 0 Å². The van der Waals surface area contributed by atoms with Gasteiger partial charge >= 0.3 is 0 Å². The molecule has 3 N–H and O–H groups in total. The van der Waals surface area contributed by atoms with Crippen LogP contribution < -0.4 is 11.2 Å². The number of pyridine rings is 1. The van der Waals surface area contributed by atoms with Crippen LogP contribution >= 0.6 is 0 Å². The zero-order chi connectivity index (χ0) is 35.7. The van der Waals surface area contributed by atoms with Crippen LogP contribution in [0.15, 0.2) is 107 Å². The Morgan fingerprint density at radius 3 is 2.14 bits per heavy atom. The number of hydrogen-bond acceptors (Lipinski definition) is 6. The third-order valence-electron chi connectivity index (χ3n) is 9.07. The van der Waals surface area contributed by atoms with Crippen LogP contribution in [-0.4, -0.2) is 45.8 Å². The molecule has 0 aliphatic carbocycles. The highest BCUT2D eigenvalue weighted by Crippen LogP contribution is 2.31. The van der Waals surface area contributed by atoms with Gasteiger partial charge in [-0.3, -0.25) is 29.1 Å². The highest BCUT2D eigenvalue weighted by atomic mass is 19.1. The number of rotatable bonds is 11. The van der Waals surface area contributed by atoms with Gasteiger partial charge in [0.05, 0.1) is 34.4 Å². The van der Waals surface area contributed by atoms with Gasteiger partial charge in [-0.05, 0) is 66.8 Å².